The zero-order valence-corrected chi connectivity index (χ0v) is 14.7. The number of alkyl halides is 3. The van der Waals surface area contributed by atoms with Crippen LogP contribution in [0.4, 0.5) is 0 Å². The first kappa shape index (κ1) is 28.9. The molecule has 0 rings (SSSR count). The van der Waals surface area contributed by atoms with Gasteiger partial charge in [0.25, 0.3) is 0 Å². The van der Waals surface area contributed by atoms with Gasteiger partial charge in [-0.3, -0.25) is 0 Å². The van der Waals surface area contributed by atoms with Crippen LogP contribution in [0, 0.1) is 0 Å². The maximum Gasteiger partial charge on any atom is 0.466 e. The Morgan fingerprint density at radius 3 is 0.800 bits per heavy atom. The zero-order valence-electron chi connectivity index (χ0n) is 11.5. The molecule has 0 aromatic carbocycles. The predicted molar refractivity (Wildman–Crippen MR) is 81.5 cm³/mol. The van der Waals surface area contributed by atoms with Gasteiger partial charge in [0, 0.05) is 0 Å². The molecule has 0 aromatic heterocycles. The van der Waals surface area contributed by atoms with Crippen molar-refractivity contribution in [2.45, 2.75) is 36.9 Å². The van der Waals surface area contributed by atoms with Crippen LogP contribution in [0.15, 0.2) is 0 Å². The van der Waals surface area contributed by atoms with Crippen LogP contribution in [0.5, 0.6) is 0 Å². The quantitative estimate of drug-likeness (QED) is 0.315. The number of aliphatic hydroxyl groups is 3. The summed E-state index contributed by atoms with van der Waals surface area (Å²) < 4.78 is 8.88. The molecule has 3 unspecified atom stereocenters. The molecule has 0 bridgehead atoms. The Morgan fingerprint density at radius 1 is 0.750 bits per heavy atom. The van der Waals surface area contributed by atoms with Gasteiger partial charge in [-0.25, -0.2) is 4.57 Å². The van der Waals surface area contributed by atoms with E-state index in [0.29, 0.717) is 0 Å². The van der Waals surface area contributed by atoms with Crippen LogP contribution in [0.1, 0.15) is 20.8 Å². The second-order valence-electron chi connectivity index (χ2n) is 3.40. The summed E-state index contributed by atoms with van der Waals surface area (Å²) in [5, 5.41) is 23.8. The highest BCUT2D eigenvalue weighted by Gasteiger charge is 2.00. The van der Waals surface area contributed by atoms with Gasteiger partial charge < -0.3 is 30.0 Å². The topological polar surface area (TPSA) is 138 Å². The fraction of sp³-hybridized carbons (Fsp3) is 1.00. The molecule has 0 aromatic rings. The van der Waals surface area contributed by atoms with Crippen molar-refractivity contribution in [3.8, 4) is 0 Å². The molecule has 6 N–H and O–H groups in total. The van der Waals surface area contributed by atoms with Gasteiger partial charge in [-0.1, -0.05) is 0 Å². The monoisotopic (exact) mass is 380 g/mol. The molecule has 0 fully saturated rings. The standard InChI is InChI=1S/3C3H7ClO.H3O4P/c3*1-3(4)2-5;1-5(2,3)4/h3*3,5H,2H2,1H3;(H3,1,2,3,4). The summed E-state index contributed by atoms with van der Waals surface area (Å²) in [6.07, 6.45) is 0. The minimum atomic E-state index is -4.64. The zero-order chi connectivity index (χ0) is 17.4. The van der Waals surface area contributed by atoms with Crippen molar-refractivity contribution >= 4 is 42.6 Å². The normalized spacial score (nSPS) is 14.2. The molecular weight excluding hydrogens is 357 g/mol. The van der Waals surface area contributed by atoms with Gasteiger partial charge >= 0.3 is 7.82 Å². The van der Waals surface area contributed by atoms with Crippen LogP contribution in [0.3, 0.4) is 0 Å². The van der Waals surface area contributed by atoms with E-state index in [9.17, 15) is 0 Å². The molecule has 11 heteroatoms. The van der Waals surface area contributed by atoms with Crippen LogP contribution in [0.2, 0.25) is 0 Å². The van der Waals surface area contributed by atoms with Crippen LogP contribution in [0.25, 0.3) is 0 Å². The summed E-state index contributed by atoms with van der Waals surface area (Å²) in [4.78, 5) is 21.6. The van der Waals surface area contributed by atoms with E-state index in [1.807, 2.05) is 0 Å². The lowest BCUT2D eigenvalue weighted by atomic mass is 10.5. The number of hydrogen-bond donors (Lipinski definition) is 6. The van der Waals surface area contributed by atoms with E-state index in [2.05, 4.69) is 0 Å². The fourth-order valence-corrected chi connectivity index (χ4v) is 0. The van der Waals surface area contributed by atoms with Crippen molar-refractivity contribution in [3.63, 3.8) is 0 Å². The van der Waals surface area contributed by atoms with Gasteiger partial charge in [-0.15, -0.1) is 34.8 Å². The molecule has 0 saturated carbocycles. The molecule has 7 nitrogen and oxygen atoms in total. The summed E-state index contributed by atoms with van der Waals surface area (Å²) in [6.45, 7) is 5.43. The van der Waals surface area contributed by atoms with Crippen molar-refractivity contribution < 1.29 is 34.6 Å². The second kappa shape index (κ2) is 19.9. The minimum Gasteiger partial charge on any atom is -0.395 e. The lowest BCUT2D eigenvalue weighted by Gasteiger charge is -1.87. The molecule has 0 spiro atoms. The van der Waals surface area contributed by atoms with E-state index in [4.69, 9.17) is 69.4 Å². The third-order valence-electron chi connectivity index (χ3n) is 0.755. The van der Waals surface area contributed by atoms with E-state index in [1.54, 1.807) is 20.8 Å². The Bertz CT molecular complexity index is 184. The SMILES string of the molecule is CC(Cl)CO.CC(Cl)CO.CC(Cl)CO.O=P(O)(O)O. The lowest BCUT2D eigenvalue weighted by Crippen LogP contribution is -1.94. The van der Waals surface area contributed by atoms with Crippen molar-refractivity contribution in [2.24, 2.45) is 0 Å². The van der Waals surface area contributed by atoms with Crippen molar-refractivity contribution in [1.29, 1.82) is 0 Å². The summed E-state index contributed by atoms with van der Waals surface area (Å²) >= 11 is 15.6. The smallest absolute Gasteiger partial charge is 0.395 e. The lowest BCUT2D eigenvalue weighted by molar-refractivity contribution is 0.275. The van der Waals surface area contributed by atoms with Crippen LogP contribution >= 0.6 is 42.6 Å². The Morgan fingerprint density at radius 2 is 0.800 bits per heavy atom. The number of hydrogen-bond acceptors (Lipinski definition) is 4. The highest BCUT2D eigenvalue weighted by atomic mass is 35.5. The predicted octanol–water partition coefficient (Wildman–Crippen LogP) is 0.889. The Hall–Kier alpha value is 0.860. The molecule has 0 aliphatic rings. The third kappa shape index (κ3) is 128. The van der Waals surface area contributed by atoms with Gasteiger partial charge in [-0.2, -0.15) is 0 Å². The fourth-order valence-electron chi connectivity index (χ4n) is 0. The van der Waals surface area contributed by atoms with Crippen molar-refractivity contribution in [3.05, 3.63) is 0 Å². The van der Waals surface area contributed by atoms with Gasteiger partial charge in [0.2, 0.25) is 0 Å². The summed E-state index contributed by atoms with van der Waals surface area (Å²) in [5.74, 6) is 0. The molecule has 0 aliphatic heterocycles. The molecule has 0 saturated heterocycles. The van der Waals surface area contributed by atoms with E-state index in [0.717, 1.165) is 0 Å². The Labute approximate surface area is 134 Å². The minimum absolute atomic E-state index is 0.0710. The van der Waals surface area contributed by atoms with E-state index in [-0.39, 0.29) is 36.0 Å². The van der Waals surface area contributed by atoms with Crippen molar-refractivity contribution in [2.75, 3.05) is 19.8 Å². The van der Waals surface area contributed by atoms with Gasteiger partial charge in [0.1, 0.15) is 0 Å². The third-order valence-corrected chi connectivity index (χ3v) is 1.17. The van der Waals surface area contributed by atoms with Gasteiger partial charge in [-0.05, 0) is 20.8 Å². The van der Waals surface area contributed by atoms with Crippen LogP contribution < -0.4 is 0 Å². The van der Waals surface area contributed by atoms with E-state index < -0.39 is 7.82 Å². The highest BCUT2D eigenvalue weighted by Crippen LogP contribution is 2.25. The molecule has 0 heterocycles. The first-order valence-corrected chi connectivity index (χ1v) is 8.22. The Kier molecular flexibility index (Phi) is 28.7. The number of aliphatic hydroxyl groups excluding tert-OH is 3. The molecule has 0 radical (unpaired) electrons. The molecule has 0 aliphatic carbocycles. The average molecular weight is 382 g/mol. The summed E-state index contributed by atoms with van der Waals surface area (Å²) in [7, 11) is -4.64. The van der Waals surface area contributed by atoms with E-state index in [1.165, 1.54) is 0 Å². The van der Waals surface area contributed by atoms with Crippen LogP contribution in [-0.2, 0) is 4.57 Å². The van der Waals surface area contributed by atoms with Crippen LogP contribution in [-0.4, -0.2) is 66.0 Å². The maximum absolute atomic E-state index is 8.88. The average Bonchev–Trinajstić information content (AvgIpc) is 2.28. The van der Waals surface area contributed by atoms with Gasteiger partial charge in [0.15, 0.2) is 0 Å². The second-order valence-corrected chi connectivity index (χ2v) is 6.66. The molecular formula is C9H24Cl3O7P. The number of phosphoric acid groups is 1. The van der Waals surface area contributed by atoms with Crippen molar-refractivity contribution in [1.82, 2.24) is 0 Å². The maximum atomic E-state index is 8.88. The Balaban J connectivity index is -0.0000000853. The molecule has 128 valence electrons. The molecule has 0 amide bonds. The summed E-state index contributed by atoms with van der Waals surface area (Å²) in [6, 6.07) is 0. The number of halogens is 3. The first-order valence-electron chi connectivity index (χ1n) is 5.34. The first-order chi connectivity index (χ1) is 8.81. The molecule has 3 atom stereocenters. The largest absolute Gasteiger partial charge is 0.466 e. The highest BCUT2D eigenvalue weighted by molar-refractivity contribution is 7.45. The summed E-state index contributed by atoms with van der Waals surface area (Å²) in [5.41, 5.74) is 0. The van der Waals surface area contributed by atoms with E-state index >= 15 is 0 Å². The number of rotatable bonds is 3. The van der Waals surface area contributed by atoms with Gasteiger partial charge in [0.05, 0.1) is 36.0 Å². The molecule has 20 heavy (non-hydrogen) atoms.